The minimum absolute atomic E-state index is 0.0528. The van der Waals surface area contributed by atoms with Gasteiger partial charge in [0.2, 0.25) is 0 Å². The molecule has 2 N–H and O–H groups in total. The molecule has 0 radical (unpaired) electrons. The van der Waals surface area contributed by atoms with Crippen molar-refractivity contribution in [3.05, 3.63) is 95.4 Å². The molecule has 0 atom stereocenters. The van der Waals surface area contributed by atoms with Gasteiger partial charge in [-0.05, 0) is 13.8 Å². The summed E-state index contributed by atoms with van der Waals surface area (Å²) in [5.74, 6) is -0.974. The summed E-state index contributed by atoms with van der Waals surface area (Å²) in [6, 6.07) is 19.0. The zero-order valence-electron chi connectivity index (χ0n) is 14.6. The van der Waals surface area contributed by atoms with Crippen molar-refractivity contribution in [3.63, 3.8) is 0 Å². The predicted octanol–water partition coefficient (Wildman–Crippen LogP) is 3.53. The second-order valence-electron chi connectivity index (χ2n) is 5.61. The van der Waals surface area contributed by atoms with Crippen LogP contribution in [0.4, 0.5) is 0 Å². The van der Waals surface area contributed by atoms with E-state index in [4.69, 9.17) is 0 Å². The lowest BCUT2D eigenvalue weighted by Gasteiger charge is -2.10. The number of benzene rings is 2. The Morgan fingerprint density at radius 3 is 1.73 bits per heavy atom. The first-order valence-corrected chi connectivity index (χ1v) is 8.06. The van der Waals surface area contributed by atoms with E-state index in [2.05, 4.69) is 10.5 Å². The van der Waals surface area contributed by atoms with Crippen molar-refractivity contribution in [1.29, 1.82) is 0 Å². The highest BCUT2D eigenvalue weighted by Gasteiger charge is 2.09. The van der Waals surface area contributed by atoms with Crippen LogP contribution in [0.25, 0.3) is 0 Å². The van der Waals surface area contributed by atoms with E-state index in [9.17, 15) is 14.7 Å². The van der Waals surface area contributed by atoms with Crippen LogP contribution in [0.2, 0.25) is 0 Å². The molecule has 0 saturated carbocycles. The number of hydrogen-bond acceptors (Lipinski definition) is 5. The van der Waals surface area contributed by atoms with Crippen molar-refractivity contribution in [3.8, 4) is 0 Å². The number of nitrogens with zero attached hydrogens (tertiary/aromatic N) is 1. The smallest absolute Gasteiger partial charge is 0.156 e. The van der Waals surface area contributed by atoms with Crippen molar-refractivity contribution in [2.75, 3.05) is 0 Å². The maximum Gasteiger partial charge on any atom is 0.156 e. The number of aliphatic hydroxyl groups excluding tert-OH is 1. The first-order chi connectivity index (χ1) is 12.5. The first kappa shape index (κ1) is 18.9. The summed E-state index contributed by atoms with van der Waals surface area (Å²) in [6.07, 6.45) is 2.22. The number of aliphatic hydroxyl groups is 1. The van der Waals surface area contributed by atoms with E-state index in [1.807, 2.05) is 60.7 Å². The highest BCUT2D eigenvalue weighted by molar-refractivity contribution is 6.12. The fourth-order valence-electron chi connectivity index (χ4n) is 2.24. The lowest BCUT2D eigenvalue weighted by molar-refractivity contribution is -0.113. The van der Waals surface area contributed by atoms with Gasteiger partial charge in [-0.1, -0.05) is 60.7 Å². The lowest BCUT2D eigenvalue weighted by atomic mass is 10.0. The van der Waals surface area contributed by atoms with E-state index >= 15 is 0 Å². The van der Waals surface area contributed by atoms with E-state index < -0.39 is 0 Å². The van der Waals surface area contributed by atoms with E-state index in [0.717, 1.165) is 17.2 Å². The third-order valence-electron chi connectivity index (χ3n) is 3.35. The third-order valence-corrected chi connectivity index (χ3v) is 3.35. The van der Waals surface area contributed by atoms with Gasteiger partial charge in [-0.25, -0.2) is 0 Å². The van der Waals surface area contributed by atoms with E-state index in [1.165, 1.54) is 19.9 Å². The van der Waals surface area contributed by atoms with Crippen LogP contribution in [0.15, 0.2) is 89.4 Å². The van der Waals surface area contributed by atoms with Crippen LogP contribution < -0.4 is 5.43 Å². The van der Waals surface area contributed by atoms with Crippen molar-refractivity contribution in [2.24, 2.45) is 5.10 Å². The average Bonchev–Trinajstić information content (AvgIpc) is 2.62. The molecule has 26 heavy (non-hydrogen) atoms. The van der Waals surface area contributed by atoms with Gasteiger partial charge < -0.3 is 5.11 Å². The average molecular weight is 348 g/mol. The number of rotatable bonds is 7. The number of carbonyl (C=O) groups excluding carboxylic acids is 2. The van der Waals surface area contributed by atoms with Crippen LogP contribution >= 0.6 is 0 Å². The van der Waals surface area contributed by atoms with E-state index in [-0.39, 0.29) is 23.0 Å². The summed E-state index contributed by atoms with van der Waals surface area (Å²) in [7, 11) is 0. The zero-order valence-corrected chi connectivity index (χ0v) is 14.6. The number of ketones is 2. The molecule has 0 amide bonds. The molecule has 2 aromatic carbocycles. The van der Waals surface area contributed by atoms with Crippen LogP contribution in [0, 0.1) is 0 Å². The molecule has 0 aliphatic rings. The summed E-state index contributed by atoms with van der Waals surface area (Å²) in [5.41, 5.74) is 5.13. The van der Waals surface area contributed by atoms with Gasteiger partial charge in [0.15, 0.2) is 11.6 Å². The Labute approximate surface area is 152 Å². The quantitative estimate of drug-likeness (QED) is 0.264. The number of nitrogens with one attached hydrogen (secondary N) is 1. The van der Waals surface area contributed by atoms with Crippen LogP contribution in [-0.4, -0.2) is 22.4 Å². The molecule has 0 aromatic heterocycles. The fraction of sp³-hybridized carbons (Fsp3) is 0.0952. The van der Waals surface area contributed by atoms with Crippen molar-refractivity contribution >= 4 is 17.3 Å². The lowest BCUT2D eigenvalue weighted by Crippen LogP contribution is -2.15. The van der Waals surface area contributed by atoms with Crippen LogP contribution in [0.3, 0.4) is 0 Å². The number of carbonyl (C=O) groups is 2. The fourth-order valence-corrected chi connectivity index (χ4v) is 2.24. The highest BCUT2D eigenvalue weighted by Crippen LogP contribution is 2.12. The first-order valence-electron chi connectivity index (χ1n) is 8.06. The summed E-state index contributed by atoms with van der Waals surface area (Å²) < 4.78 is 0. The van der Waals surface area contributed by atoms with Gasteiger partial charge in [0.05, 0.1) is 5.71 Å². The Morgan fingerprint density at radius 1 is 0.846 bits per heavy atom. The Kier molecular flexibility index (Phi) is 6.62. The van der Waals surface area contributed by atoms with Crippen molar-refractivity contribution in [2.45, 2.75) is 13.8 Å². The Balaban J connectivity index is 2.45. The summed E-state index contributed by atoms with van der Waals surface area (Å²) >= 11 is 0. The Bertz CT molecular complexity index is 825. The SMILES string of the molecule is CC(=O)C=C(NN=C(c1ccccc1)c1ccccc1)/C(O)=C/C(C)=O. The molecule has 0 aliphatic carbocycles. The molecule has 0 heterocycles. The molecule has 0 unspecified atom stereocenters. The van der Waals surface area contributed by atoms with Crippen LogP contribution in [0.5, 0.6) is 0 Å². The zero-order chi connectivity index (χ0) is 18.9. The van der Waals surface area contributed by atoms with Gasteiger partial charge in [-0.15, -0.1) is 0 Å². The second kappa shape index (κ2) is 9.13. The Morgan fingerprint density at radius 2 is 1.31 bits per heavy atom. The Hall–Kier alpha value is -3.47. The van der Waals surface area contributed by atoms with Crippen molar-refractivity contribution in [1.82, 2.24) is 5.43 Å². The molecule has 0 spiro atoms. The monoisotopic (exact) mass is 348 g/mol. The normalized spacial score (nSPS) is 11.6. The summed E-state index contributed by atoms with van der Waals surface area (Å²) in [4.78, 5) is 22.7. The molecule has 5 heteroatoms. The van der Waals surface area contributed by atoms with Crippen LogP contribution in [-0.2, 0) is 9.59 Å². The maximum atomic E-state index is 11.4. The number of allylic oxidation sites excluding steroid dienone is 2. The van der Waals surface area contributed by atoms with Gasteiger partial charge >= 0.3 is 0 Å². The molecule has 2 aromatic rings. The van der Waals surface area contributed by atoms with E-state index in [0.29, 0.717) is 5.71 Å². The molecule has 0 saturated heterocycles. The van der Waals surface area contributed by atoms with Crippen molar-refractivity contribution < 1.29 is 14.7 Å². The molecule has 0 fully saturated rings. The van der Waals surface area contributed by atoms with Gasteiger partial charge in [-0.2, -0.15) is 5.10 Å². The second-order valence-corrected chi connectivity index (χ2v) is 5.61. The molecule has 2 rings (SSSR count). The molecular weight excluding hydrogens is 328 g/mol. The highest BCUT2D eigenvalue weighted by atomic mass is 16.3. The topological polar surface area (TPSA) is 78.8 Å². The molecule has 0 aliphatic heterocycles. The minimum atomic E-state index is -0.350. The largest absolute Gasteiger partial charge is 0.506 e. The van der Waals surface area contributed by atoms with E-state index in [1.54, 1.807) is 0 Å². The molecule has 0 bridgehead atoms. The van der Waals surface area contributed by atoms with Gasteiger partial charge in [0.1, 0.15) is 11.5 Å². The van der Waals surface area contributed by atoms with Gasteiger partial charge in [-0.3, -0.25) is 15.0 Å². The number of hydrogen-bond donors (Lipinski definition) is 2. The summed E-state index contributed by atoms with van der Waals surface area (Å²) in [6.45, 7) is 2.66. The van der Waals surface area contributed by atoms with Gasteiger partial charge in [0, 0.05) is 23.3 Å². The molecular formula is C21H20N2O3. The maximum absolute atomic E-state index is 11.4. The molecule has 5 nitrogen and oxygen atoms in total. The number of hydrazone groups is 1. The predicted molar refractivity (Wildman–Crippen MR) is 102 cm³/mol. The standard InChI is InChI=1S/C21H20N2O3/c1-15(24)13-19(20(26)14-16(2)25)22-23-21(17-9-5-3-6-10-17)18-11-7-4-8-12-18/h3-14,22,26H,1-2H3/b19-13?,20-14-. The summed E-state index contributed by atoms with van der Waals surface area (Å²) in [5, 5.41) is 14.5. The van der Waals surface area contributed by atoms with Gasteiger partial charge in [0.25, 0.3) is 0 Å². The minimum Gasteiger partial charge on any atom is -0.506 e. The van der Waals surface area contributed by atoms with Crippen LogP contribution in [0.1, 0.15) is 25.0 Å². The molecule has 132 valence electrons. The third kappa shape index (κ3) is 5.56.